The van der Waals surface area contributed by atoms with Crippen LogP contribution in [0.2, 0.25) is 0 Å². The van der Waals surface area contributed by atoms with Crippen molar-refractivity contribution in [1.82, 2.24) is 10.2 Å². The number of hydrogen-bond acceptors (Lipinski definition) is 2. The second-order valence-electron chi connectivity index (χ2n) is 5.39. The minimum absolute atomic E-state index is 0. The minimum atomic E-state index is 0. The van der Waals surface area contributed by atoms with E-state index in [2.05, 4.69) is 65.3 Å². The van der Waals surface area contributed by atoms with E-state index >= 15 is 0 Å². The van der Waals surface area contributed by atoms with E-state index < -0.39 is 0 Å². The van der Waals surface area contributed by atoms with E-state index in [1.165, 1.54) is 16.3 Å². The standard InChI is InChI=1S/C18H22N2.2ClH/c1-2-6-18(20-13-11-19-12-14-20)17-10-5-8-15-7-3-4-9-16(15)17;;/h2-5,7-10,18-19H,1,6,11-14H2;2*1H/t18-;;/m1../s1. The second kappa shape index (κ2) is 9.16. The molecule has 2 aromatic rings. The zero-order valence-electron chi connectivity index (χ0n) is 12.7. The average Bonchev–Trinajstić information content (AvgIpc) is 2.53. The highest BCUT2D eigenvalue weighted by atomic mass is 35.5. The topological polar surface area (TPSA) is 15.3 Å². The van der Waals surface area contributed by atoms with Crippen molar-refractivity contribution in [1.29, 1.82) is 0 Å². The molecule has 3 rings (SSSR count). The number of nitrogens with one attached hydrogen (secondary N) is 1. The number of benzene rings is 2. The number of nitrogens with zero attached hydrogens (tertiary/aromatic N) is 1. The lowest BCUT2D eigenvalue weighted by Gasteiger charge is -2.35. The summed E-state index contributed by atoms with van der Waals surface area (Å²) >= 11 is 0. The van der Waals surface area contributed by atoms with Crippen LogP contribution in [0.1, 0.15) is 18.0 Å². The molecule has 0 spiro atoms. The van der Waals surface area contributed by atoms with Crippen LogP contribution in [0.15, 0.2) is 55.1 Å². The second-order valence-corrected chi connectivity index (χ2v) is 5.39. The molecule has 0 aromatic heterocycles. The summed E-state index contributed by atoms with van der Waals surface area (Å²) in [5.41, 5.74) is 1.44. The van der Waals surface area contributed by atoms with Gasteiger partial charge in [0.15, 0.2) is 0 Å². The molecule has 0 radical (unpaired) electrons. The summed E-state index contributed by atoms with van der Waals surface area (Å²) in [5.74, 6) is 0. The van der Waals surface area contributed by atoms with E-state index in [4.69, 9.17) is 0 Å². The molecule has 1 fully saturated rings. The fourth-order valence-corrected chi connectivity index (χ4v) is 3.17. The highest BCUT2D eigenvalue weighted by Crippen LogP contribution is 2.31. The van der Waals surface area contributed by atoms with Crippen molar-refractivity contribution in [2.45, 2.75) is 12.5 Å². The molecular formula is C18H24Cl2N2. The third-order valence-electron chi connectivity index (χ3n) is 4.16. The summed E-state index contributed by atoms with van der Waals surface area (Å²) < 4.78 is 0. The van der Waals surface area contributed by atoms with E-state index in [1.54, 1.807) is 0 Å². The molecular weight excluding hydrogens is 315 g/mol. The smallest absolute Gasteiger partial charge is 0.0389 e. The molecule has 0 saturated carbocycles. The molecule has 22 heavy (non-hydrogen) atoms. The first-order valence-corrected chi connectivity index (χ1v) is 7.43. The quantitative estimate of drug-likeness (QED) is 0.840. The van der Waals surface area contributed by atoms with Crippen molar-refractivity contribution in [3.8, 4) is 0 Å². The predicted octanol–water partition coefficient (Wildman–Crippen LogP) is 4.21. The van der Waals surface area contributed by atoms with Gasteiger partial charge in [0.05, 0.1) is 0 Å². The first-order valence-electron chi connectivity index (χ1n) is 7.43. The molecule has 2 aromatic carbocycles. The normalized spacial score (nSPS) is 16.4. The monoisotopic (exact) mass is 338 g/mol. The van der Waals surface area contributed by atoms with Crippen LogP contribution in [0.3, 0.4) is 0 Å². The summed E-state index contributed by atoms with van der Waals surface area (Å²) in [6.07, 6.45) is 3.06. The van der Waals surface area contributed by atoms with Gasteiger partial charge in [-0.2, -0.15) is 0 Å². The molecule has 1 aliphatic rings. The van der Waals surface area contributed by atoms with Crippen molar-refractivity contribution in [3.05, 3.63) is 60.7 Å². The largest absolute Gasteiger partial charge is 0.314 e. The summed E-state index contributed by atoms with van der Waals surface area (Å²) in [4.78, 5) is 2.58. The summed E-state index contributed by atoms with van der Waals surface area (Å²) in [5, 5.41) is 6.14. The van der Waals surface area contributed by atoms with Gasteiger partial charge >= 0.3 is 0 Å². The van der Waals surface area contributed by atoms with E-state index in [9.17, 15) is 0 Å². The molecule has 120 valence electrons. The summed E-state index contributed by atoms with van der Waals surface area (Å²) in [7, 11) is 0. The highest BCUT2D eigenvalue weighted by Gasteiger charge is 2.22. The molecule has 1 N–H and O–H groups in total. The van der Waals surface area contributed by atoms with Crippen molar-refractivity contribution in [2.24, 2.45) is 0 Å². The zero-order valence-corrected chi connectivity index (χ0v) is 14.3. The van der Waals surface area contributed by atoms with Gasteiger partial charge in [0, 0.05) is 32.2 Å². The fourth-order valence-electron chi connectivity index (χ4n) is 3.17. The Morgan fingerprint density at radius 1 is 1.05 bits per heavy atom. The first-order chi connectivity index (χ1) is 9.90. The van der Waals surface area contributed by atoms with Crippen LogP contribution in [0.4, 0.5) is 0 Å². The molecule has 4 heteroatoms. The number of hydrogen-bond donors (Lipinski definition) is 1. The van der Waals surface area contributed by atoms with Gasteiger partial charge in [-0.1, -0.05) is 48.5 Å². The third kappa shape index (κ3) is 4.02. The Hall–Kier alpha value is -1.06. The van der Waals surface area contributed by atoms with Gasteiger partial charge in [-0.05, 0) is 22.8 Å². The Bertz CT molecular complexity index is 589. The fraction of sp³-hybridized carbons (Fsp3) is 0.333. The highest BCUT2D eigenvalue weighted by molar-refractivity contribution is 5.86. The van der Waals surface area contributed by atoms with Gasteiger partial charge in [-0.15, -0.1) is 31.4 Å². The maximum atomic E-state index is 3.96. The van der Waals surface area contributed by atoms with Crippen LogP contribution in [0.5, 0.6) is 0 Å². The van der Waals surface area contributed by atoms with Crippen LogP contribution >= 0.6 is 24.8 Å². The van der Waals surface area contributed by atoms with Crippen LogP contribution in [0, 0.1) is 0 Å². The number of rotatable bonds is 4. The Morgan fingerprint density at radius 2 is 1.73 bits per heavy atom. The molecule has 1 aliphatic heterocycles. The predicted molar refractivity (Wildman–Crippen MR) is 100 cm³/mol. The van der Waals surface area contributed by atoms with Gasteiger partial charge in [0.2, 0.25) is 0 Å². The lowest BCUT2D eigenvalue weighted by Crippen LogP contribution is -2.45. The number of halogens is 2. The lowest BCUT2D eigenvalue weighted by atomic mass is 9.95. The maximum Gasteiger partial charge on any atom is 0.0389 e. The van der Waals surface area contributed by atoms with Crippen LogP contribution < -0.4 is 5.32 Å². The third-order valence-corrected chi connectivity index (χ3v) is 4.16. The molecule has 0 amide bonds. The molecule has 0 bridgehead atoms. The van der Waals surface area contributed by atoms with E-state index in [1.807, 2.05) is 0 Å². The molecule has 1 saturated heterocycles. The van der Waals surface area contributed by atoms with Crippen molar-refractivity contribution >= 4 is 35.6 Å². The molecule has 1 heterocycles. The molecule has 0 aliphatic carbocycles. The molecule has 2 nitrogen and oxygen atoms in total. The van der Waals surface area contributed by atoms with Gasteiger partial charge in [-0.3, -0.25) is 4.90 Å². The summed E-state index contributed by atoms with van der Waals surface area (Å²) in [6, 6.07) is 15.8. The lowest BCUT2D eigenvalue weighted by molar-refractivity contribution is 0.175. The summed E-state index contributed by atoms with van der Waals surface area (Å²) in [6.45, 7) is 8.35. The molecule has 1 atom stereocenters. The Kier molecular flexibility index (Phi) is 7.91. The Morgan fingerprint density at radius 3 is 2.45 bits per heavy atom. The van der Waals surface area contributed by atoms with Gasteiger partial charge in [-0.25, -0.2) is 0 Å². The first kappa shape index (κ1) is 19.0. The Balaban J connectivity index is 0.00000121. The van der Waals surface area contributed by atoms with E-state index in [0.29, 0.717) is 6.04 Å². The van der Waals surface area contributed by atoms with Crippen LogP contribution in [-0.4, -0.2) is 31.1 Å². The van der Waals surface area contributed by atoms with Crippen molar-refractivity contribution in [3.63, 3.8) is 0 Å². The van der Waals surface area contributed by atoms with Gasteiger partial charge in [0.1, 0.15) is 0 Å². The maximum absolute atomic E-state index is 3.96. The number of piperazine rings is 1. The van der Waals surface area contributed by atoms with Gasteiger partial charge in [0.25, 0.3) is 0 Å². The van der Waals surface area contributed by atoms with Gasteiger partial charge < -0.3 is 5.32 Å². The Labute approximate surface area is 145 Å². The van der Waals surface area contributed by atoms with Crippen LogP contribution in [0.25, 0.3) is 10.8 Å². The SMILES string of the molecule is C=CC[C@H](c1cccc2ccccc12)N1CCNCC1.Cl.Cl. The van der Waals surface area contributed by atoms with Crippen LogP contribution in [-0.2, 0) is 0 Å². The zero-order chi connectivity index (χ0) is 13.8. The minimum Gasteiger partial charge on any atom is -0.314 e. The number of fused-ring (bicyclic) bond motifs is 1. The van der Waals surface area contributed by atoms with Crippen molar-refractivity contribution in [2.75, 3.05) is 26.2 Å². The van der Waals surface area contributed by atoms with Crippen molar-refractivity contribution < 1.29 is 0 Å². The van der Waals surface area contributed by atoms with E-state index in [0.717, 1.165) is 32.6 Å². The average molecular weight is 339 g/mol. The molecule has 0 unspecified atom stereocenters. The van der Waals surface area contributed by atoms with E-state index in [-0.39, 0.29) is 24.8 Å².